The van der Waals surface area contributed by atoms with Gasteiger partial charge in [0.1, 0.15) is 0 Å². The molecule has 5 nitrogen and oxygen atoms in total. The highest BCUT2D eigenvalue weighted by atomic mass is 16.2. The van der Waals surface area contributed by atoms with Crippen LogP contribution >= 0.6 is 0 Å². The third-order valence-corrected chi connectivity index (χ3v) is 3.24. The summed E-state index contributed by atoms with van der Waals surface area (Å²) in [6, 6.07) is 16.5. The Balaban J connectivity index is 2.04. The van der Waals surface area contributed by atoms with Crippen LogP contribution in [-0.4, -0.2) is 26.0 Å². The van der Waals surface area contributed by atoms with E-state index in [1.807, 2.05) is 54.6 Å². The zero-order valence-corrected chi connectivity index (χ0v) is 12.7. The number of carbonyl (C=O) groups is 2. The molecule has 0 unspecified atom stereocenters. The van der Waals surface area contributed by atoms with Crippen LogP contribution in [0, 0.1) is 0 Å². The minimum atomic E-state index is -0.203. The van der Waals surface area contributed by atoms with Crippen molar-refractivity contribution in [1.29, 1.82) is 0 Å². The number of amides is 3. The van der Waals surface area contributed by atoms with Crippen molar-refractivity contribution in [2.45, 2.75) is 6.42 Å². The van der Waals surface area contributed by atoms with Crippen molar-refractivity contribution < 1.29 is 9.59 Å². The molecule has 2 aromatic rings. The van der Waals surface area contributed by atoms with Crippen molar-refractivity contribution in [3.63, 3.8) is 0 Å². The lowest BCUT2D eigenvalue weighted by molar-refractivity contribution is -0.115. The predicted molar refractivity (Wildman–Crippen MR) is 88.1 cm³/mol. The van der Waals surface area contributed by atoms with E-state index in [-0.39, 0.29) is 18.4 Å². The maximum Gasteiger partial charge on any atom is 0.321 e. The van der Waals surface area contributed by atoms with Gasteiger partial charge in [0, 0.05) is 25.5 Å². The molecule has 0 saturated carbocycles. The number of hydrogen-bond acceptors (Lipinski definition) is 2. The van der Waals surface area contributed by atoms with E-state index < -0.39 is 0 Å². The number of rotatable bonds is 4. The molecule has 0 radical (unpaired) electrons. The first-order valence-electron chi connectivity index (χ1n) is 6.99. The summed E-state index contributed by atoms with van der Waals surface area (Å²) < 4.78 is 0. The van der Waals surface area contributed by atoms with Crippen LogP contribution in [0.2, 0.25) is 0 Å². The first-order chi connectivity index (χ1) is 10.6. The molecule has 0 aromatic heterocycles. The fraction of sp³-hybridized carbons (Fsp3) is 0.176. The van der Waals surface area contributed by atoms with Gasteiger partial charge in [-0.1, -0.05) is 30.3 Å². The minimum absolute atomic E-state index is 0.0917. The molecule has 0 fully saturated rings. The first kappa shape index (κ1) is 15.6. The number of hydrogen-bond donors (Lipinski definition) is 2. The number of urea groups is 1. The van der Waals surface area contributed by atoms with Gasteiger partial charge >= 0.3 is 6.03 Å². The maximum absolute atomic E-state index is 12.0. The molecule has 22 heavy (non-hydrogen) atoms. The first-order valence-corrected chi connectivity index (χ1v) is 6.99. The van der Waals surface area contributed by atoms with E-state index >= 15 is 0 Å². The van der Waals surface area contributed by atoms with E-state index in [9.17, 15) is 9.59 Å². The molecule has 0 aliphatic carbocycles. The molecule has 0 aliphatic heterocycles. The van der Waals surface area contributed by atoms with E-state index in [0.29, 0.717) is 0 Å². The standard InChI is InChI=1S/C17H19N3O2/c1-18-17(22)20(2)15-10-6-7-13(11-15)12-16(21)19-14-8-4-3-5-9-14/h3-11H,12H2,1-2H3,(H,18,22)(H,19,21). The van der Waals surface area contributed by atoms with Crippen LogP contribution in [0.15, 0.2) is 54.6 Å². The molecule has 2 aromatic carbocycles. The number of para-hydroxylation sites is 1. The Labute approximate surface area is 129 Å². The van der Waals surface area contributed by atoms with Gasteiger partial charge in [-0.3, -0.25) is 9.69 Å². The Hall–Kier alpha value is -2.82. The monoisotopic (exact) mass is 297 g/mol. The van der Waals surface area contributed by atoms with Crippen LogP contribution in [-0.2, 0) is 11.2 Å². The van der Waals surface area contributed by atoms with Gasteiger partial charge in [0.05, 0.1) is 6.42 Å². The van der Waals surface area contributed by atoms with Crippen molar-refractivity contribution >= 4 is 23.3 Å². The average molecular weight is 297 g/mol. The smallest absolute Gasteiger partial charge is 0.321 e. The number of benzene rings is 2. The van der Waals surface area contributed by atoms with Gasteiger partial charge in [-0.25, -0.2) is 4.79 Å². The molecule has 0 heterocycles. The van der Waals surface area contributed by atoms with Crippen LogP contribution < -0.4 is 15.5 Å². The van der Waals surface area contributed by atoms with Gasteiger partial charge in [0.15, 0.2) is 0 Å². The maximum atomic E-state index is 12.0. The zero-order valence-electron chi connectivity index (χ0n) is 12.7. The Morgan fingerprint density at radius 1 is 1.05 bits per heavy atom. The number of anilines is 2. The van der Waals surface area contributed by atoms with E-state index in [1.54, 1.807) is 14.1 Å². The molecule has 0 bridgehead atoms. The molecule has 5 heteroatoms. The molecule has 2 N–H and O–H groups in total. The van der Waals surface area contributed by atoms with Crippen molar-refractivity contribution in [2.75, 3.05) is 24.3 Å². The summed E-state index contributed by atoms with van der Waals surface area (Å²) in [5.74, 6) is -0.0917. The summed E-state index contributed by atoms with van der Waals surface area (Å²) in [6.45, 7) is 0. The summed E-state index contributed by atoms with van der Waals surface area (Å²) in [5.41, 5.74) is 2.36. The third kappa shape index (κ3) is 4.09. The molecule has 114 valence electrons. The number of nitrogens with zero attached hydrogens (tertiary/aromatic N) is 1. The Kier molecular flexibility index (Phi) is 5.14. The Morgan fingerprint density at radius 2 is 1.77 bits per heavy atom. The zero-order chi connectivity index (χ0) is 15.9. The molecule has 0 atom stereocenters. The lowest BCUT2D eigenvalue weighted by Gasteiger charge is -2.17. The quantitative estimate of drug-likeness (QED) is 0.911. The van der Waals surface area contributed by atoms with E-state index in [2.05, 4.69) is 10.6 Å². The highest BCUT2D eigenvalue weighted by Crippen LogP contribution is 2.16. The summed E-state index contributed by atoms with van der Waals surface area (Å²) in [6.07, 6.45) is 0.254. The van der Waals surface area contributed by atoms with Gasteiger partial charge < -0.3 is 10.6 Å². The van der Waals surface area contributed by atoms with Crippen LogP contribution in [0.1, 0.15) is 5.56 Å². The fourth-order valence-electron chi connectivity index (χ4n) is 2.07. The second kappa shape index (κ2) is 7.26. The highest BCUT2D eigenvalue weighted by molar-refractivity contribution is 5.93. The molecule has 0 saturated heterocycles. The van der Waals surface area contributed by atoms with E-state index in [1.165, 1.54) is 4.90 Å². The number of nitrogens with one attached hydrogen (secondary N) is 2. The van der Waals surface area contributed by atoms with Gasteiger partial charge in [-0.05, 0) is 29.8 Å². The topological polar surface area (TPSA) is 61.4 Å². The van der Waals surface area contributed by atoms with Crippen molar-refractivity contribution in [3.05, 3.63) is 60.2 Å². The van der Waals surface area contributed by atoms with Gasteiger partial charge in [-0.15, -0.1) is 0 Å². The van der Waals surface area contributed by atoms with Crippen LogP contribution in [0.4, 0.5) is 16.2 Å². The van der Waals surface area contributed by atoms with E-state index in [0.717, 1.165) is 16.9 Å². The lowest BCUT2D eigenvalue weighted by atomic mass is 10.1. The summed E-state index contributed by atoms with van der Waals surface area (Å²) >= 11 is 0. The molecular formula is C17H19N3O2. The second-order valence-corrected chi connectivity index (χ2v) is 4.88. The molecular weight excluding hydrogens is 278 g/mol. The van der Waals surface area contributed by atoms with Crippen LogP contribution in [0.5, 0.6) is 0 Å². The van der Waals surface area contributed by atoms with Crippen molar-refractivity contribution in [2.24, 2.45) is 0 Å². The third-order valence-electron chi connectivity index (χ3n) is 3.24. The summed E-state index contributed by atoms with van der Waals surface area (Å²) in [7, 11) is 3.26. The Bertz CT molecular complexity index is 656. The molecule has 0 aliphatic rings. The fourth-order valence-corrected chi connectivity index (χ4v) is 2.07. The van der Waals surface area contributed by atoms with Gasteiger partial charge in [0.2, 0.25) is 5.91 Å². The van der Waals surface area contributed by atoms with Crippen LogP contribution in [0.25, 0.3) is 0 Å². The van der Waals surface area contributed by atoms with Gasteiger partial charge in [0.25, 0.3) is 0 Å². The predicted octanol–water partition coefficient (Wildman–Crippen LogP) is 2.64. The number of carbonyl (C=O) groups excluding carboxylic acids is 2. The summed E-state index contributed by atoms with van der Waals surface area (Å²) in [4.78, 5) is 25.2. The largest absolute Gasteiger partial charge is 0.341 e. The van der Waals surface area contributed by atoms with E-state index in [4.69, 9.17) is 0 Å². The normalized spacial score (nSPS) is 9.91. The van der Waals surface area contributed by atoms with Crippen molar-refractivity contribution in [3.8, 4) is 0 Å². The SMILES string of the molecule is CNC(=O)N(C)c1cccc(CC(=O)Nc2ccccc2)c1. The lowest BCUT2D eigenvalue weighted by Crippen LogP contribution is -2.34. The van der Waals surface area contributed by atoms with Crippen molar-refractivity contribution in [1.82, 2.24) is 5.32 Å². The Morgan fingerprint density at radius 3 is 2.45 bits per heavy atom. The highest BCUT2D eigenvalue weighted by Gasteiger charge is 2.10. The molecule has 3 amide bonds. The molecule has 2 rings (SSSR count). The van der Waals surface area contributed by atoms with Crippen LogP contribution in [0.3, 0.4) is 0 Å². The molecule has 0 spiro atoms. The minimum Gasteiger partial charge on any atom is -0.341 e. The average Bonchev–Trinajstić information content (AvgIpc) is 2.54. The summed E-state index contributed by atoms with van der Waals surface area (Å²) in [5, 5.41) is 5.41. The van der Waals surface area contributed by atoms with Gasteiger partial charge in [-0.2, -0.15) is 0 Å². The second-order valence-electron chi connectivity index (χ2n) is 4.88.